The van der Waals surface area contributed by atoms with E-state index >= 15 is 0 Å². The van der Waals surface area contributed by atoms with Crippen LogP contribution in [0.25, 0.3) is 11.3 Å². The first-order valence-corrected chi connectivity index (χ1v) is 9.88. The van der Waals surface area contributed by atoms with E-state index in [0.717, 1.165) is 0 Å². The van der Waals surface area contributed by atoms with Crippen molar-refractivity contribution in [3.05, 3.63) is 68.6 Å². The third-order valence-electron chi connectivity index (χ3n) is 3.64. The number of aryl methyl sites for hydroxylation is 1. The van der Waals surface area contributed by atoms with E-state index in [1.54, 1.807) is 0 Å². The smallest absolute Gasteiger partial charge is 0.258 e. The van der Waals surface area contributed by atoms with Crippen molar-refractivity contribution < 1.29 is 30.9 Å². The molecule has 7 nitrogen and oxygen atoms in total. The Kier molecular flexibility index (Phi) is 5.28. The number of non-ortho nitro benzene ring substituents is 1. The van der Waals surface area contributed by atoms with Crippen molar-refractivity contribution in [2.45, 2.75) is 11.8 Å². The van der Waals surface area contributed by atoms with Crippen LogP contribution in [0.3, 0.4) is 0 Å². The molecule has 0 saturated heterocycles. The number of hydrogen-bond donors (Lipinski definition) is 1. The second-order valence-corrected chi connectivity index (χ2v) is 8.56. The Labute approximate surface area is 164 Å². The summed E-state index contributed by atoms with van der Waals surface area (Å²) in [6.07, 6.45) is 0. The first-order valence-electron chi connectivity index (χ1n) is 7.58. The number of hydrogen-bond acceptors (Lipinski definition) is 6. The maximum Gasteiger partial charge on any atom is 0.273 e. The number of aromatic nitrogens is 1. The van der Waals surface area contributed by atoms with Gasteiger partial charge in [0.15, 0.2) is 5.13 Å². The summed E-state index contributed by atoms with van der Waals surface area (Å²) in [6.45, 7) is 1.40. The summed E-state index contributed by atoms with van der Waals surface area (Å²) >= 11 is 0.711. The number of anilines is 1. The van der Waals surface area contributed by atoms with Crippen LogP contribution in [0.5, 0.6) is 0 Å². The van der Waals surface area contributed by atoms with E-state index in [4.69, 9.17) is 0 Å². The molecule has 0 aliphatic rings. The molecule has 0 spiro atoms. The molecule has 13 heteroatoms. The molecule has 0 radical (unpaired) electrons. The maximum absolute atomic E-state index is 14.0. The molecule has 0 fully saturated rings. The number of thiazole rings is 1. The van der Waals surface area contributed by atoms with E-state index in [1.165, 1.54) is 6.92 Å². The van der Waals surface area contributed by atoms with Gasteiger partial charge in [-0.25, -0.2) is 31.0 Å². The topological polar surface area (TPSA) is 102 Å². The van der Waals surface area contributed by atoms with Gasteiger partial charge in [0, 0.05) is 23.1 Å². The highest BCUT2D eigenvalue weighted by molar-refractivity contribution is 7.93. The minimum Gasteiger partial charge on any atom is -0.258 e. The largest absolute Gasteiger partial charge is 0.273 e. The summed E-state index contributed by atoms with van der Waals surface area (Å²) in [6, 6.07) is 2.66. The van der Waals surface area contributed by atoms with Crippen LogP contribution in [-0.2, 0) is 10.0 Å². The van der Waals surface area contributed by atoms with Gasteiger partial charge in [-0.2, -0.15) is 0 Å². The summed E-state index contributed by atoms with van der Waals surface area (Å²) < 4.78 is 81.5. The zero-order valence-corrected chi connectivity index (χ0v) is 15.9. The van der Waals surface area contributed by atoms with E-state index < -0.39 is 54.4 Å². The minimum atomic E-state index is -4.50. The molecule has 2 aromatic carbocycles. The van der Waals surface area contributed by atoms with Gasteiger partial charge in [0.25, 0.3) is 15.7 Å². The SMILES string of the molecule is Cc1sc(NS(=O)(=O)c2cc(F)cc([N+](=O)[O-])c2)nc1-c1c(F)cc(F)cc1F. The summed E-state index contributed by atoms with van der Waals surface area (Å²) in [5, 5.41) is 10.5. The molecule has 3 aromatic rings. The zero-order chi connectivity index (χ0) is 21.5. The second kappa shape index (κ2) is 7.40. The predicted molar refractivity (Wildman–Crippen MR) is 96.0 cm³/mol. The fraction of sp³-hybridized carbons (Fsp3) is 0.0625. The summed E-state index contributed by atoms with van der Waals surface area (Å²) in [4.78, 5) is 13.1. The van der Waals surface area contributed by atoms with Crippen molar-refractivity contribution in [1.29, 1.82) is 0 Å². The number of benzene rings is 2. The van der Waals surface area contributed by atoms with Crippen LogP contribution in [0.2, 0.25) is 0 Å². The normalized spacial score (nSPS) is 11.5. The number of nitrogens with one attached hydrogen (secondary N) is 1. The van der Waals surface area contributed by atoms with Gasteiger partial charge in [0.05, 0.1) is 27.1 Å². The first kappa shape index (κ1) is 20.7. The summed E-state index contributed by atoms with van der Waals surface area (Å²) in [5.74, 6) is -4.74. The van der Waals surface area contributed by atoms with Crippen LogP contribution in [0, 0.1) is 40.3 Å². The molecule has 0 atom stereocenters. The Bertz CT molecular complexity index is 1220. The van der Waals surface area contributed by atoms with Crippen LogP contribution < -0.4 is 4.72 Å². The van der Waals surface area contributed by atoms with Crippen LogP contribution >= 0.6 is 11.3 Å². The molecular formula is C16H9F4N3O4S2. The van der Waals surface area contributed by atoms with Gasteiger partial charge in [-0.3, -0.25) is 14.8 Å². The fourth-order valence-corrected chi connectivity index (χ4v) is 4.53. The molecule has 0 bridgehead atoms. The molecule has 1 aromatic heterocycles. The molecule has 0 aliphatic carbocycles. The maximum atomic E-state index is 14.0. The summed E-state index contributed by atoms with van der Waals surface area (Å²) in [7, 11) is -4.50. The van der Waals surface area contributed by atoms with Crippen molar-refractivity contribution in [3.63, 3.8) is 0 Å². The van der Waals surface area contributed by atoms with Crippen molar-refractivity contribution in [2.24, 2.45) is 0 Å². The fourth-order valence-electron chi connectivity index (χ4n) is 2.42. The van der Waals surface area contributed by atoms with Crippen LogP contribution in [0.1, 0.15) is 4.88 Å². The Morgan fingerprint density at radius 2 is 1.62 bits per heavy atom. The van der Waals surface area contributed by atoms with Gasteiger partial charge < -0.3 is 0 Å². The standard InChI is InChI=1S/C16H9F4N3O4S2/c1-7-15(14-12(19)4-9(18)5-13(14)20)21-16(28-7)22-29(26,27)11-3-8(17)2-10(6-11)23(24)25/h2-6H,1H3,(H,21,22). The number of rotatable bonds is 5. The highest BCUT2D eigenvalue weighted by atomic mass is 32.2. The van der Waals surface area contributed by atoms with E-state index in [0.29, 0.717) is 41.7 Å². The lowest BCUT2D eigenvalue weighted by Crippen LogP contribution is -2.13. The number of nitro groups is 1. The van der Waals surface area contributed by atoms with Crippen molar-refractivity contribution in [2.75, 3.05) is 4.72 Å². The van der Waals surface area contributed by atoms with E-state index in [-0.39, 0.29) is 15.7 Å². The lowest BCUT2D eigenvalue weighted by Gasteiger charge is -2.06. The molecule has 0 aliphatic heterocycles. The highest BCUT2D eigenvalue weighted by Gasteiger charge is 2.24. The monoisotopic (exact) mass is 447 g/mol. The van der Waals surface area contributed by atoms with Crippen molar-refractivity contribution >= 4 is 32.2 Å². The molecule has 0 unspecified atom stereocenters. The highest BCUT2D eigenvalue weighted by Crippen LogP contribution is 2.35. The first-order chi connectivity index (χ1) is 13.5. The lowest BCUT2D eigenvalue weighted by molar-refractivity contribution is -0.385. The van der Waals surface area contributed by atoms with Gasteiger partial charge in [0.1, 0.15) is 23.3 Å². The van der Waals surface area contributed by atoms with Gasteiger partial charge in [-0.05, 0) is 13.0 Å². The number of nitro benzene ring substituents is 1. The van der Waals surface area contributed by atoms with E-state index in [2.05, 4.69) is 4.98 Å². The Morgan fingerprint density at radius 3 is 2.21 bits per heavy atom. The lowest BCUT2D eigenvalue weighted by atomic mass is 10.1. The molecule has 1 heterocycles. The average Bonchev–Trinajstić information content (AvgIpc) is 2.92. The average molecular weight is 447 g/mol. The van der Waals surface area contributed by atoms with Crippen molar-refractivity contribution in [3.8, 4) is 11.3 Å². The van der Waals surface area contributed by atoms with E-state index in [1.807, 2.05) is 4.72 Å². The molecule has 1 N–H and O–H groups in total. The van der Waals surface area contributed by atoms with Crippen LogP contribution in [-0.4, -0.2) is 18.3 Å². The molecule has 3 rings (SSSR count). The number of halogens is 4. The molecule has 0 amide bonds. The Morgan fingerprint density at radius 1 is 1.03 bits per heavy atom. The number of nitrogens with zero attached hydrogens (tertiary/aromatic N) is 2. The van der Waals surface area contributed by atoms with E-state index in [9.17, 15) is 36.1 Å². The predicted octanol–water partition coefficient (Wildman–Crippen LogP) is 4.38. The second-order valence-electron chi connectivity index (χ2n) is 5.68. The molecule has 152 valence electrons. The minimum absolute atomic E-state index is 0.206. The van der Waals surface area contributed by atoms with Crippen molar-refractivity contribution in [1.82, 2.24) is 4.98 Å². The number of sulfonamides is 1. The van der Waals surface area contributed by atoms with Gasteiger partial charge >= 0.3 is 0 Å². The molecule has 29 heavy (non-hydrogen) atoms. The van der Waals surface area contributed by atoms with Gasteiger partial charge in [-0.1, -0.05) is 0 Å². The molecular weight excluding hydrogens is 438 g/mol. The zero-order valence-electron chi connectivity index (χ0n) is 14.2. The van der Waals surface area contributed by atoms with Gasteiger partial charge in [0.2, 0.25) is 0 Å². The molecule has 0 saturated carbocycles. The van der Waals surface area contributed by atoms with Crippen LogP contribution in [0.15, 0.2) is 35.2 Å². The Balaban J connectivity index is 2.01. The van der Waals surface area contributed by atoms with Gasteiger partial charge in [-0.15, -0.1) is 11.3 Å². The third-order valence-corrected chi connectivity index (χ3v) is 5.97. The Hall–Kier alpha value is -3.06. The summed E-state index contributed by atoms with van der Waals surface area (Å²) in [5.41, 5.74) is -1.68. The quantitative estimate of drug-likeness (QED) is 0.355. The third kappa shape index (κ3) is 4.19. The van der Waals surface area contributed by atoms with Crippen LogP contribution in [0.4, 0.5) is 28.4 Å².